The Morgan fingerprint density at radius 2 is 1.44 bits per heavy atom. The zero-order valence-electron chi connectivity index (χ0n) is 36.0. The average molecular weight is 842 g/mol. The first-order valence-corrected chi connectivity index (χ1v) is 20.2. The molecule has 0 spiro atoms. The summed E-state index contributed by atoms with van der Waals surface area (Å²) in [5.41, 5.74) is 5.45. The molecule has 0 bridgehead atoms. The number of carbonyl (C=O) groups excluding carboxylic acids is 4. The molecule has 4 atom stereocenters. The average Bonchev–Trinajstić information content (AvgIpc) is 3.15. The molecule has 0 radical (unpaired) electrons. The lowest BCUT2D eigenvalue weighted by Gasteiger charge is -2.35. The molecule has 0 saturated carbocycles. The molecule has 19 nitrogen and oxygen atoms in total. The van der Waals surface area contributed by atoms with Gasteiger partial charge in [-0.05, 0) is 94.2 Å². The van der Waals surface area contributed by atoms with Gasteiger partial charge in [-0.25, -0.2) is 0 Å². The Hall–Kier alpha value is -4.94. The van der Waals surface area contributed by atoms with Gasteiger partial charge in [-0.2, -0.15) is 0 Å². The summed E-state index contributed by atoms with van der Waals surface area (Å²) in [7, 11) is 3.17. The number of ether oxygens (including phenoxy) is 4. The van der Waals surface area contributed by atoms with Crippen molar-refractivity contribution < 1.29 is 58.0 Å². The van der Waals surface area contributed by atoms with Crippen molar-refractivity contribution in [3.05, 3.63) is 44.0 Å². The third kappa shape index (κ3) is 21.6. The van der Waals surface area contributed by atoms with Gasteiger partial charge in [0.15, 0.2) is 11.5 Å². The molecule has 4 N–H and O–H groups in total. The number of amides is 3. The molecule has 0 aromatic heterocycles. The van der Waals surface area contributed by atoms with Gasteiger partial charge in [0.05, 0.1) is 38.4 Å². The molecule has 0 heterocycles. The van der Waals surface area contributed by atoms with Gasteiger partial charge in [-0.3, -0.25) is 19.2 Å². The van der Waals surface area contributed by atoms with Crippen LogP contribution >= 0.6 is 0 Å². The minimum atomic E-state index is -1.04. The molecule has 3 amide bonds. The lowest BCUT2D eigenvalue weighted by atomic mass is 9.80. The minimum absolute atomic E-state index is 0.000419. The Kier molecular flexibility index (Phi) is 24.4. The fourth-order valence-corrected chi connectivity index (χ4v) is 6.17. The summed E-state index contributed by atoms with van der Waals surface area (Å²) >= 11 is 0. The van der Waals surface area contributed by atoms with E-state index in [4.69, 9.17) is 24.7 Å². The molecule has 0 saturated heterocycles. The van der Waals surface area contributed by atoms with Crippen molar-refractivity contribution in [1.29, 1.82) is 0 Å². The van der Waals surface area contributed by atoms with E-state index in [9.17, 15) is 39.4 Å². The van der Waals surface area contributed by atoms with Crippen molar-refractivity contribution in [1.82, 2.24) is 10.6 Å². The number of nitrogens with two attached hydrogens (primary N) is 1. The molecule has 0 fully saturated rings. The fraction of sp³-hybridized carbons (Fsp3) is 0.750. The molecular weight excluding hydrogens is 774 g/mol. The quantitative estimate of drug-likeness (QED) is 0.0373. The number of primary amides is 1. The summed E-state index contributed by atoms with van der Waals surface area (Å²) in [6, 6.07) is 4.87. The number of rotatable bonds is 33. The Balaban J connectivity index is 3.61. The summed E-state index contributed by atoms with van der Waals surface area (Å²) in [6.45, 7) is 11.5. The van der Waals surface area contributed by atoms with Gasteiger partial charge in [0, 0.05) is 45.4 Å². The van der Waals surface area contributed by atoms with E-state index in [1.165, 1.54) is 0 Å². The van der Waals surface area contributed by atoms with Gasteiger partial charge in [0.1, 0.15) is 6.10 Å². The first kappa shape index (κ1) is 52.1. The van der Waals surface area contributed by atoms with Crippen molar-refractivity contribution in [2.24, 2.45) is 34.8 Å². The van der Waals surface area contributed by atoms with E-state index >= 15 is 0 Å². The van der Waals surface area contributed by atoms with Gasteiger partial charge >= 0.3 is 5.97 Å². The number of hydrogen-bond acceptors (Lipinski definition) is 14. The summed E-state index contributed by atoms with van der Waals surface area (Å²) in [6.07, 6.45) is 1.38. The van der Waals surface area contributed by atoms with Crippen LogP contribution in [0.1, 0.15) is 105 Å². The Labute approximate surface area is 347 Å². The monoisotopic (exact) mass is 841 g/mol. The van der Waals surface area contributed by atoms with Crippen LogP contribution in [0.5, 0.6) is 11.5 Å². The van der Waals surface area contributed by atoms with Crippen molar-refractivity contribution >= 4 is 23.7 Å². The summed E-state index contributed by atoms with van der Waals surface area (Å²) in [5, 5.41) is 25.3. The second-order valence-corrected chi connectivity index (χ2v) is 15.9. The number of esters is 1. The largest absolute Gasteiger partial charge is 0.493 e. The Bertz CT molecular complexity index is 1470. The highest BCUT2D eigenvalue weighted by atomic mass is 17.0. The van der Waals surface area contributed by atoms with E-state index in [2.05, 4.69) is 20.3 Å². The fourth-order valence-electron chi connectivity index (χ4n) is 6.17. The molecule has 1 aromatic carbocycles. The van der Waals surface area contributed by atoms with Crippen LogP contribution in [0, 0.1) is 49.3 Å². The van der Waals surface area contributed by atoms with Crippen LogP contribution in [0.2, 0.25) is 0 Å². The highest BCUT2D eigenvalue weighted by Gasteiger charge is 2.36. The third-order valence-corrected chi connectivity index (χ3v) is 10.0. The predicted octanol–water partition coefficient (Wildman–Crippen LogP) is 4.76. The first-order chi connectivity index (χ1) is 27.8. The molecule has 4 unspecified atom stereocenters. The van der Waals surface area contributed by atoms with Crippen LogP contribution in [0.25, 0.3) is 0 Å². The van der Waals surface area contributed by atoms with Crippen molar-refractivity contribution in [2.75, 3.05) is 47.2 Å². The van der Waals surface area contributed by atoms with E-state index in [-0.39, 0.29) is 94.3 Å². The number of benzene rings is 1. The normalized spacial score (nSPS) is 13.5. The van der Waals surface area contributed by atoms with Gasteiger partial charge in [0.25, 0.3) is 10.2 Å². The summed E-state index contributed by atoms with van der Waals surface area (Å²) in [5.74, 6) is -1.92. The van der Waals surface area contributed by atoms with Crippen LogP contribution in [0.4, 0.5) is 0 Å². The predicted molar refractivity (Wildman–Crippen MR) is 216 cm³/mol. The van der Waals surface area contributed by atoms with Gasteiger partial charge in [-0.1, -0.05) is 33.8 Å². The van der Waals surface area contributed by atoms with Gasteiger partial charge in [0.2, 0.25) is 17.7 Å². The lowest BCUT2D eigenvalue weighted by molar-refractivity contribution is -0.757. The van der Waals surface area contributed by atoms with Crippen LogP contribution in [-0.4, -0.2) is 93.2 Å². The zero-order valence-corrected chi connectivity index (χ0v) is 36.0. The molecule has 1 rings (SSSR count). The van der Waals surface area contributed by atoms with Gasteiger partial charge < -0.3 is 45.0 Å². The Morgan fingerprint density at radius 1 is 0.814 bits per heavy atom. The second kappa shape index (κ2) is 27.7. The van der Waals surface area contributed by atoms with Crippen LogP contribution < -0.4 is 25.8 Å². The van der Waals surface area contributed by atoms with Crippen LogP contribution in [0.15, 0.2) is 18.2 Å². The first-order valence-electron chi connectivity index (χ1n) is 20.2. The molecule has 1 aromatic rings. The molecule has 0 aliphatic carbocycles. The minimum Gasteiger partial charge on any atom is -0.493 e. The smallest absolute Gasteiger partial charge is 0.306 e. The molecular formula is C40H67N5O14. The number of methoxy groups -OCH3 is 2. The van der Waals surface area contributed by atoms with Crippen LogP contribution in [0.3, 0.4) is 0 Å². The molecule has 59 heavy (non-hydrogen) atoms. The van der Waals surface area contributed by atoms with Crippen molar-refractivity contribution in [3.8, 4) is 11.5 Å². The number of unbranched alkanes of at least 4 members (excludes halogenated alkanes) is 2. The topological polar surface area (TPSA) is 260 Å². The van der Waals surface area contributed by atoms with E-state index < -0.39 is 45.5 Å². The number of nitrogens with one attached hydrogen (secondary N) is 2. The SMILES string of the molecule is COCCCOc1cc(CC(CC(NC(=O)CCCCO[N+](=O)[O-])C(CC(C(=O)NCC(C)(C)C(N)=O)C(C)C)OC(=O)CCCCO[N+](=O)[O-])C(C)C)ccc1OC. The zero-order chi connectivity index (χ0) is 44.5. The Morgan fingerprint density at radius 3 is 1.98 bits per heavy atom. The number of carbonyl (C=O) groups is 4. The van der Waals surface area contributed by atoms with E-state index in [0.29, 0.717) is 44.0 Å². The molecule has 19 heteroatoms. The van der Waals surface area contributed by atoms with E-state index in [0.717, 1.165) is 5.56 Å². The number of hydrogen-bond donors (Lipinski definition) is 3. The van der Waals surface area contributed by atoms with E-state index in [1.54, 1.807) is 28.1 Å². The second-order valence-electron chi connectivity index (χ2n) is 15.9. The lowest BCUT2D eigenvalue weighted by Crippen LogP contribution is -2.50. The van der Waals surface area contributed by atoms with Crippen molar-refractivity contribution in [2.45, 2.75) is 118 Å². The molecule has 336 valence electrons. The highest BCUT2D eigenvalue weighted by Crippen LogP contribution is 2.33. The highest BCUT2D eigenvalue weighted by molar-refractivity contribution is 5.83. The molecule has 0 aliphatic rings. The number of nitrogens with zero attached hydrogens (tertiary/aromatic N) is 2. The molecule has 0 aliphatic heterocycles. The van der Waals surface area contributed by atoms with E-state index in [1.807, 2.05) is 45.9 Å². The standard InChI is InChI=1S/C40H67N5O14/c1-27(2)30(22-29-16-17-33(55-8)35(23-29)56-19-13-18-54-7)24-32(43-36(46)14-9-11-20-57-44(50)51)34(59-37(47)15-10-12-21-58-45(52)53)25-31(28(3)4)38(48)42-26-40(5,6)39(41)49/h16-17,23,27-28,30-32,34H,9-15,18-22,24-26H2,1-8H3,(H2,41,49)(H,42,48)(H,43,46). The van der Waals surface area contributed by atoms with Crippen molar-refractivity contribution in [3.63, 3.8) is 0 Å². The summed E-state index contributed by atoms with van der Waals surface area (Å²) < 4.78 is 22.8. The van der Waals surface area contributed by atoms with Gasteiger partial charge in [-0.15, -0.1) is 20.2 Å². The summed E-state index contributed by atoms with van der Waals surface area (Å²) in [4.78, 5) is 82.8. The maximum atomic E-state index is 13.8. The van der Waals surface area contributed by atoms with Crippen LogP contribution in [-0.2, 0) is 44.7 Å². The maximum Gasteiger partial charge on any atom is 0.306 e. The third-order valence-electron chi connectivity index (χ3n) is 10.0. The maximum absolute atomic E-state index is 13.8.